The van der Waals surface area contributed by atoms with Crippen LogP contribution >= 0.6 is 22.6 Å². The van der Waals surface area contributed by atoms with Gasteiger partial charge in [-0.1, -0.05) is 35.9 Å². The van der Waals surface area contributed by atoms with Crippen molar-refractivity contribution < 1.29 is 9.47 Å². The summed E-state index contributed by atoms with van der Waals surface area (Å²) in [6, 6.07) is 0. The van der Waals surface area contributed by atoms with Crippen LogP contribution in [0.15, 0.2) is 0 Å². The van der Waals surface area contributed by atoms with Gasteiger partial charge < -0.3 is 9.47 Å². The van der Waals surface area contributed by atoms with E-state index < -0.39 is 0 Å². The molecule has 3 heteroatoms. The molecule has 2 fully saturated rings. The molecule has 2 rings (SSSR count). The van der Waals surface area contributed by atoms with Crippen molar-refractivity contribution in [3.63, 3.8) is 0 Å². The number of ether oxygens (including phenoxy) is 2. The first-order valence-corrected chi connectivity index (χ1v) is 8.62. The molecule has 1 aliphatic carbocycles. The lowest BCUT2D eigenvalue weighted by Crippen LogP contribution is -2.40. The summed E-state index contributed by atoms with van der Waals surface area (Å²) in [6.07, 6.45) is 9.32. The lowest BCUT2D eigenvalue weighted by molar-refractivity contribution is -0.0925. The number of hydrogen-bond acceptors (Lipinski definition) is 2. The first-order valence-electron chi connectivity index (χ1n) is 7.09. The van der Waals surface area contributed by atoms with Gasteiger partial charge in [0.15, 0.2) is 0 Å². The van der Waals surface area contributed by atoms with Crippen molar-refractivity contribution in [1.29, 1.82) is 0 Å². The van der Waals surface area contributed by atoms with E-state index in [-0.39, 0.29) is 5.60 Å². The summed E-state index contributed by atoms with van der Waals surface area (Å²) in [6.45, 7) is 4.07. The normalized spacial score (nSPS) is 38.5. The lowest BCUT2D eigenvalue weighted by atomic mass is 9.79. The van der Waals surface area contributed by atoms with Gasteiger partial charge in [-0.25, -0.2) is 0 Å². The Morgan fingerprint density at radius 3 is 2.59 bits per heavy atom. The second kappa shape index (κ2) is 6.71. The van der Waals surface area contributed by atoms with E-state index in [2.05, 4.69) is 29.5 Å². The molecule has 100 valence electrons. The highest BCUT2D eigenvalue weighted by Crippen LogP contribution is 2.38. The van der Waals surface area contributed by atoms with Gasteiger partial charge in [0.25, 0.3) is 0 Å². The maximum atomic E-state index is 6.26. The van der Waals surface area contributed by atoms with Crippen LogP contribution in [0.1, 0.15) is 51.9 Å². The van der Waals surface area contributed by atoms with E-state index in [1.807, 2.05) is 0 Å². The quantitative estimate of drug-likeness (QED) is 0.551. The van der Waals surface area contributed by atoms with Crippen LogP contribution in [0.5, 0.6) is 0 Å². The molecule has 2 aliphatic rings. The number of alkyl halides is 1. The summed E-state index contributed by atoms with van der Waals surface area (Å²) in [7, 11) is 0. The topological polar surface area (TPSA) is 18.5 Å². The van der Waals surface area contributed by atoms with Crippen LogP contribution in [0, 0.1) is 5.92 Å². The molecule has 0 radical (unpaired) electrons. The number of rotatable bonds is 5. The molecule has 17 heavy (non-hydrogen) atoms. The molecule has 0 aromatic carbocycles. The van der Waals surface area contributed by atoms with Crippen LogP contribution in [0.3, 0.4) is 0 Å². The Labute approximate surface area is 119 Å². The van der Waals surface area contributed by atoms with Crippen molar-refractivity contribution in [2.75, 3.05) is 17.6 Å². The van der Waals surface area contributed by atoms with Crippen molar-refractivity contribution in [3.8, 4) is 0 Å². The average molecular weight is 352 g/mol. The van der Waals surface area contributed by atoms with E-state index in [1.54, 1.807) is 0 Å². The third kappa shape index (κ3) is 3.80. The second-order valence-corrected chi connectivity index (χ2v) is 6.38. The Bertz CT molecular complexity index is 218. The standard InChI is InChI=1S/C14H25IO2/c1-2-12-5-7-14(11-15,8-6-12)17-10-13-4-3-9-16-13/h12-13H,2-11H2,1H3. The Balaban J connectivity index is 1.78. The molecule has 0 spiro atoms. The summed E-state index contributed by atoms with van der Waals surface area (Å²) in [5, 5.41) is 0. The molecule has 1 unspecified atom stereocenters. The lowest BCUT2D eigenvalue weighted by Gasteiger charge is -2.39. The highest BCUT2D eigenvalue weighted by Gasteiger charge is 2.35. The molecule has 0 N–H and O–H groups in total. The van der Waals surface area contributed by atoms with Crippen molar-refractivity contribution in [3.05, 3.63) is 0 Å². The molecule has 1 heterocycles. The Morgan fingerprint density at radius 2 is 2.06 bits per heavy atom. The smallest absolute Gasteiger partial charge is 0.0809 e. The third-order valence-electron chi connectivity index (χ3n) is 4.44. The molecule has 1 aliphatic heterocycles. The van der Waals surface area contributed by atoms with Gasteiger partial charge in [-0.2, -0.15) is 0 Å². The molecule has 0 aromatic heterocycles. The van der Waals surface area contributed by atoms with Gasteiger partial charge >= 0.3 is 0 Å². The zero-order valence-corrected chi connectivity index (χ0v) is 13.1. The Kier molecular flexibility index (Phi) is 5.55. The van der Waals surface area contributed by atoms with E-state index in [9.17, 15) is 0 Å². The molecule has 0 bridgehead atoms. The van der Waals surface area contributed by atoms with Gasteiger partial charge in [0.1, 0.15) is 0 Å². The predicted molar refractivity (Wildman–Crippen MR) is 78.8 cm³/mol. The fourth-order valence-electron chi connectivity index (χ4n) is 2.97. The third-order valence-corrected chi connectivity index (χ3v) is 5.83. The van der Waals surface area contributed by atoms with Gasteiger partial charge in [0.2, 0.25) is 0 Å². The maximum Gasteiger partial charge on any atom is 0.0809 e. The highest BCUT2D eigenvalue weighted by atomic mass is 127. The van der Waals surface area contributed by atoms with Crippen LogP contribution in [-0.4, -0.2) is 29.3 Å². The first-order chi connectivity index (χ1) is 8.28. The van der Waals surface area contributed by atoms with Crippen LogP contribution < -0.4 is 0 Å². The van der Waals surface area contributed by atoms with E-state index in [4.69, 9.17) is 9.47 Å². The van der Waals surface area contributed by atoms with Gasteiger partial charge in [-0.15, -0.1) is 0 Å². The molecule has 1 saturated heterocycles. The molecule has 0 aromatic rings. The minimum absolute atomic E-state index is 0.165. The van der Waals surface area contributed by atoms with Crippen molar-refractivity contribution in [2.45, 2.75) is 63.6 Å². The summed E-state index contributed by atoms with van der Waals surface area (Å²) < 4.78 is 13.0. The summed E-state index contributed by atoms with van der Waals surface area (Å²) in [5.74, 6) is 0.942. The summed E-state index contributed by atoms with van der Waals surface area (Å²) >= 11 is 2.50. The van der Waals surface area contributed by atoms with E-state index >= 15 is 0 Å². The monoisotopic (exact) mass is 352 g/mol. The van der Waals surface area contributed by atoms with Crippen molar-refractivity contribution >= 4 is 22.6 Å². The van der Waals surface area contributed by atoms with E-state index in [1.165, 1.54) is 44.9 Å². The molecule has 0 amide bonds. The van der Waals surface area contributed by atoms with Gasteiger partial charge in [0, 0.05) is 11.0 Å². The largest absolute Gasteiger partial charge is 0.376 e. The summed E-state index contributed by atoms with van der Waals surface area (Å²) in [4.78, 5) is 0. The van der Waals surface area contributed by atoms with Gasteiger partial charge in [-0.05, 0) is 44.4 Å². The zero-order chi connectivity index (χ0) is 12.1. The maximum absolute atomic E-state index is 6.26. The van der Waals surface area contributed by atoms with Crippen LogP contribution in [0.4, 0.5) is 0 Å². The predicted octanol–water partition coefficient (Wildman–Crippen LogP) is 3.96. The van der Waals surface area contributed by atoms with E-state index in [0.717, 1.165) is 23.6 Å². The fraction of sp³-hybridized carbons (Fsp3) is 1.00. The molecule has 1 atom stereocenters. The van der Waals surface area contributed by atoms with Crippen LogP contribution in [0.25, 0.3) is 0 Å². The first kappa shape index (κ1) is 14.1. The fourth-order valence-corrected chi connectivity index (χ4v) is 3.96. The average Bonchev–Trinajstić information content (AvgIpc) is 2.90. The minimum atomic E-state index is 0.165. The second-order valence-electron chi connectivity index (χ2n) is 5.61. The van der Waals surface area contributed by atoms with Gasteiger partial charge in [-0.3, -0.25) is 0 Å². The minimum Gasteiger partial charge on any atom is -0.376 e. The molecule has 2 nitrogen and oxygen atoms in total. The summed E-state index contributed by atoms with van der Waals surface area (Å²) in [5.41, 5.74) is 0.165. The molecular weight excluding hydrogens is 327 g/mol. The van der Waals surface area contributed by atoms with Crippen molar-refractivity contribution in [1.82, 2.24) is 0 Å². The van der Waals surface area contributed by atoms with E-state index in [0.29, 0.717) is 6.10 Å². The molecular formula is C14H25IO2. The SMILES string of the molecule is CCC1CCC(CI)(OCC2CCCO2)CC1. The highest BCUT2D eigenvalue weighted by molar-refractivity contribution is 14.1. The number of halogens is 1. The van der Waals surface area contributed by atoms with Crippen molar-refractivity contribution in [2.24, 2.45) is 5.92 Å². The van der Waals surface area contributed by atoms with Gasteiger partial charge in [0.05, 0.1) is 18.3 Å². The Morgan fingerprint density at radius 1 is 1.29 bits per heavy atom. The zero-order valence-electron chi connectivity index (χ0n) is 10.9. The Hall–Kier alpha value is 0.650. The molecule has 1 saturated carbocycles. The van der Waals surface area contributed by atoms with Crippen LogP contribution in [0.2, 0.25) is 0 Å². The van der Waals surface area contributed by atoms with Crippen LogP contribution in [-0.2, 0) is 9.47 Å². The number of hydrogen-bond donors (Lipinski definition) is 0.